The summed E-state index contributed by atoms with van der Waals surface area (Å²) in [4.78, 5) is 21.7. The monoisotopic (exact) mass is 775 g/mol. The van der Waals surface area contributed by atoms with Gasteiger partial charge < -0.3 is 71.7 Å². The van der Waals surface area contributed by atoms with E-state index < -0.39 is 26.8 Å². The first kappa shape index (κ1) is 50.6. The highest BCUT2D eigenvalue weighted by molar-refractivity contribution is 6.74. The third-order valence-corrected chi connectivity index (χ3v) is 11.8. The molecule has 0 spiro atoms. The van der Waals surface area contributed by atoms with E-state index >= 15 is 0 Å². The second-order valence-electron chi connectivity index (χ2n) is 12.6. The molecule has 0 aliphatic carbocycles. The number of carbonyl (C=O) groups is 2. The van der Waals surface area contributed by atoms with Gasteiger partial charge in [0.05, 0.1) is 152 Å². The summed E-state index contributed by atoms with van der Waals surface area (Å²) in [6.07, 6.45) is 0. The Morgan fingerprint density at radius 1 is 0.442 bits per heavy atom. The van der Waals surface area contributed by atoms with Crippen LogP contribution in [0, 0.1) is 0 Å². The zero-order valence-corrected chi connectivity index (χ0v) is 33.5. The van der Waals surface area contributed by atoms with Crippen molar-refractivity contribution in [2.45, 2.75) is 38.9 Å². The van der Waals surface area contributed by atoms with Crippen molar-refractivity contribution in [2.75, 3.05) is 172 Å². The molecule has 0 fully saturated rings. The Morgan fingerprint density at radius 2 is 0.712 bits per heavy atom. The molecular weight excluding hydrogens is 706 g/mol. The SMILES string of the molecule is CC(C)(C)[Si](C)(C)OCCOCCOCCOCCOCCOCCOCCOCCOCCOCCOCCOCCNC(=O)COCC(=O)O. The summed E-state index contributed by atoms with van der Waals surface area (Å²) in [6, 6.07) is 0. The van der Waals surface area contributed by atoms with Gasteiger partial charge in [-0.05, 0) is 18.1 Å². The Kier molecular flexibility index (Phi) is 35.6. The largest absolute Gasteiger partial charge is 0.480 e. The van der Waals surface area contributed by atoms with Crippen molar-refractivity contribution in [3.8, 4) is 0 Å². The molecule has 0 unspecified atom stereocenters. The molecule has 1 amide bonds. The summed E-state index contributed by atoms with van der Waals surface area (Å²) < 4.78 is 70.9. The fraction of sp³-hybridized carbons (Fsp3) is 0.941. The summed E-state index contributed by atoms with van der Waals surface area (Å²) in [7, 11) is -1.71. The van der Waals surface area contributed by atoms with Crippen LogP contribution in [0.15, 0.2) is 0 Å². The number of aliphatic carboxylic acids is 1. The van der Waals surface area contributed by atoms with Crippen molar-refractivity contribution < 1.29 is 76.0 Å². The standard InChI is InChI=1S/C34H69NO16Si/c1-34(2,3)52(4,5)51-29-28-49-27-26-48-25-24-47-23-22-46-21-20-45-19-18-44-17-16-43-15-14-42-13-12-41-11-10-40-9-8-39-7-6-35-32(36)30-50-31-33(37)38/h6-31H2,1-5H3,(H,35,36)(H,37,38). The fourth-order valence-corrected chi connectivity index (χ4v) is 4.44. The Bertz CT molecular complexity index is 806. The maximum absolute atomic E-state index is 11.4. The number of amides is 1. The smallest absolute Gasteiger partial charge is 0.329 e. The highest BCUT2D eigenvalue weighted by Gasteiger charge is 2.36. The van der Waals surface area contributed by atoms with Gasteiger partial charge in [0.25, 0.3) is 0 Å². The molecule has 0 aliphatic rings. The Hall–Kier alpha value is -1.36. The van der Waals surface area contributed by atoms with Gasteiger partial charge in [0.15, 0.2) is 8.32 Å². The summed E-state index contributed by atoms with van der Waals surface area (Å²) in [5, 5.41) is 11.2. The summed E-state index contributed by atoms with van der Waals surface area (Å²) >= 11 is 0. The lowest BCUT2D eigenvalue weighted by atomic mass is 10.2. The number of rotatable bonds is 41. The van der Waals surface area contributed by atoms with E-state index in [9.17, 15) is 9.59 Å². The fourth-order valence-electron chi connectivity index (χ4n) is 3.42. The molecule has 0 aliphatic heterocycles. The van der Waals surface area contributed by atoms with E-state index in [1.807, 2.05) is 0 Å². The van der Waals surface area contributed by atoms with Crippen molar-refractivity contribution in [3.63, 3.8) is 0 Å². The lowest BCUT2D eigenvalue weighted by Crippen LogP contribution is -2.41. The van der Waals surface area contributed by atoms with Crippen LogP contribution in [-0.2, 0) is 70.9 Å². The van der Waals surface area contributed by atoms with Crippen molar-refractivity contribution in [1.29, 1.82) is 0 Å². The van der Waals surface area contributed by atoms with Crippen LogP contribution in [0.2, 0.25) is 18.1 Å². The van der Waals surface area contributed by atoms with E-state index in [2.05, 4.69) is 43.9 Å². The first-order valence-corrected chi connectivity index (χ1v) is 21.0. The van der Waals surface area contributed by atoms with E-state index in [1.165, 1.54) is 0 Å². The number of ether oxygens (including phenoxy) is 12. The van der Waals surface area contributed by atoms with Crippen molar-refractivity contribution in [1.82, 2.24) is 5.32 Å². The van der Waals surface area contributed by atoms with Gasteiger partial charge in [0.1, 0.15) is 13.2 Å². The van der Waals surface area contributed by atoms with Gasteiger partial charge >= 0.3 is 5.97 Å². The third-order valence-electron chi connectivity index (χ3n) is 7.24. The van der Waals surface area contributed by atoms with Crippen LogP contribution in [0.4, 0.5) is 0 Å². The van der Waals surface area contributed by atoms with Crippen LogP contribution in [0.1, 0.15) is 20.8 Å². The molecule has 0 aromatic rings. The molecule has 0 saturated carbocycles. The zero-order chi connectivity index (χ0) is 38.4. The van der Waals surface area contributed by atoms with Gasteiger partial charge in [-0.15, -0.1) is 0 Å². The second kappa shape index (κ2) is 36.6. The van der Waals surface area contributed by atoms with E-state index in [0.29, 0.717) is 159 Å². The molecule has 0 saturated heterocycles. The van der Waals surface area contributed by atoms with E-state index in [4.69, 9.17) is 61.6 Å². The first-order valence-electron chi connectivity index (χ1n) is 18.1. The number of carboxylic acid groups (broad SMARTS) is 1. The van der Waals surface area contributed by atoms with Crippen molar-refractivity contribution in [2.24, 2.45) is 0 Å². The molecule has 0 rings (SSSR count). The first-order chi connectivity index (χ1) is 25.1. The average Bonchev–Trinajstić information content (AvgIpc) is 3.09. The Morgan fingerprint density at radius 3 is 0.981 bits per heavy atom. The molecule has 310 valence electrons. The molecule has 18 heteroatoms. The molecule has 17 nitrogen and oxygen atoms in total. The minimum atomic E-state index is -1.71. The highest BCUT2D eigenvalue weighted by Crippen LogP contribution is 2.36. The van der Waals surface area contributed by atoms with Crippen LogP contribution < -0.4 is 5.32 Å². The second-order valence-corrected chi connectivity index (χ2v) is 17.4. The van der Waals surface area contributed by atoms with Gasteiger partial charge in [0, 0.05) is 6.54 Å². The number of carbonyl (C=O) groups excluding carboxylic acids is 1. The van der Waals surface area contributed by atoms with Gasteiger partial charge in [-0.3, -0.25) is 4.79 Å². The van der Waals surface area contributed by atoms with Crippen LogP contribution in [0.5, 0.6) is 0 Å². The molecule has 0 aromatic carbocycles. The van der Waals surface area contributed by atoms with Gasteiger partial charge in [-0.1, -0.05) is 20.8 Å². The number of hydrogen-bond acceptors (Lipinski definition) is 15. The molecular formula is C34H69NO16Si. The van der Waals surface area contributed by atoms with Crippen LogP contribution in [-0.4, -0.2) is 197 Å². The number of carboxylic acids is 1. The minimum absolute atomic E-state index is 0.208. The highest BCUT2D eigenvalue weighted by atomic mass is 28.4. The molecule has 0 heterocycles. The lowest BCUT2D eigenvalue weighted by Gasteiger charge is -2.36. The van der Waals surface area contributed by atoms with Crippen LogP contribution >= 0.6 is 0 Å². The van der Waals surface area contributed by atoms with Crippen LogP contribution in [0.3, 0.4) is 0 Å². The predicted octanol–water partition coefficient (Wildman–Crippen LogP) is 1.41. The Labute approximate surface area is 311 Å². The number of hydrogen-bond donors (Lipinski definition) is 2. The van der Waals surface area contributed by atoms with Gasteiger partial charge in [-0.2, -0.15) is 0 Å². The lowest BCUT2D eigenvalue weighted by molar-refractivity contribution is -0.143. The Balaban J connectivity index is 3.15. The maximum atomic E-state index is 11.4. The topological polar surface area (TPSA) is 186 Å². The molecule has 0 bridgehead atoms. The zero-order valence-electron chi connectivity index (χ0n) is 32.5. The predicted molar refractivity (Wildman–Crippen MR) is 194 cm³/mol. The summed E-state index contributed by atoms with van der Waals surface area (Å²) in [5.74, 6) is -1.52. The van der Waals surface area contributed by atoms with Crippen molar-refractivity contribution >= 4 is 20.2 Å². The normalized spacial score (nSPS) is 12.1. The van der Waals surface area contributed by atoms with E-state index in [0.717, 1.165) is 0 Å². The van der Waals surface area contributed by atoms with E-state index in [-0.39, 0.29) is 11.6 Å². The van der Waals surface area contributed by atoms with Gasteiger partial charge in [-0.25, -0.2) is 4.79 Å². The molecule has 0 radical (unpaired) electrons. The average molecular weight is 776 g/mol. The quantitative estimate of drug-likeness (QED) is 0.0670. The molecule has 0 aromatic heterocycles. The van der Waals surface area contributed by atoms with Crippen molar-refractivity contribution in [3.05, 3.63) is 0 Å². The van der Waals surface area contributed by atoms with Gasteiger partial charge in [0.2, 0.25) is 5.91 Å². The summed E-state index contributed by atoms with van der Waals surface area (Å²) in [6.45, 7) is 21.8. The molecule has 0 atom stereocenters. The van der Waals surface area contributed by atoms with Crippen LogP contribution in [0.25, 0.3) is 0 Å². The minimum Gasteiger partial charge on any atom is -0.480 e. The van der Waals surface area contributed by atoms with E-state index in [1.54, 1.807) is 0 Å². The maximum Gasteiger partial charge on any atom is 0.329 e. The molecule has 2 N–H and O–H groups in total. The number of nitrogens with one attached hydrogen (secondary N) is 1. The third kappa shape index (κ3) is 37.0. The summed E-state index contributed by atoms with van der Waals surface area (Å²) in [5.41, 5.74) is 0. The molecule has 52 heavy (non-hydrogen) atoms.